The van der Waals surface area contributed by atoms with Crippen LogP contribution in [-0.2, 0) is 0 Å². The molecular formula is C5H5ClN-. The van der Waals surface area contributed by atoms with E-state index in [0.29, 0.717) is 5.16 Å². The van der Waals surface area contributed by atoms with Gasteiger partial charge in [0.1, 0.15) is 0 Å². The van der Waals surface area contributed by atoms with Crippen molar-refractivity contribution in [3.63, 3.8) is 0 Å². The van der Waals surface area contributed by atoms with Gasteiger partial charge in [0.25, 0.3) is 0 Å². The summed E-state index contributed by atoms with van der Waals surface area (Å²) < 4.78 is 0. The molecule has 1 aliphatic heterocycles. The first-order valence-corrected chi connectivity index (χ1v) is 2.57. The van der Waals surface area contributed by atoms with Crippen molar-refractivity contribution in [3.8, 4) is 0 Å². The highest BCUT2D eigenvalue weighted by atomic mass is 35.5. The number of nitrogens with zero attached hydrogens (tertiary/aromatic N) is 1. The van der Waals surface area contributed by atoms with Gasteiger partial charge in [0.15, 0.2) is 0 Å². The lowest BCUT2D eigenvalue weighted by Gasteiger charge is -2.14. The molecule has 1 rings (SSSR count). The van der Waals surface area contributed by atoms with Crippen molar-refractivity contribution in [1.82, 2.24) is 0 Å². The highest BCUT2D eigenvalue weighted by molar-refractivity contribution is 6.33. The molecule has 1 aliphatic rings. The summed E-state index contributed by atoms with van der Waals surface area (Å²) in [5.41, 5.74) is 1.04. The zero-order valence-electron chi connectivity index (χ0n) is 4.03. The van der Waals surface area contributed by atoms with Crippen LogP contribution in [0.5, 0.6) is 0 Å². The molecule has 38 valence electrons. The quantitative estimate of drug-likeness (QED) is 0.364. The first-order valence-electron chi connectivity index (χ1n) is 2.20. The average molecular weight is 115 g/mol. The van der Waals surface area contributed by atoms with E-state index in [1.807, 2.05) is 6.92 Å². The van der Waals surface area contributed by atoms with Crippen LogP contribution < -0.4 is 0 Å². The van der Waals surface area contributed by atoms with Crippen molar-refractivity contribution < 1.29 is 0 Å². The molecule has 1 nitrogen and oxygen atoms in total. The van der Waals surface area contributed by atoms with Gasteiger partial charge < -0.3 is 4.99 Å². The summed E-state index contributed by atoms with van der Waals surface area (Å²) in [5.74, 6) is 0. The predicted molar refractivity (Wildman–Crippen MR) is 30.6 cm³/mol. The Labute approximate surface area is 47.7 Å². The van der Waals surface area contributed by atoms with E-state index in [-0.39, 0.29) is 0 Å². The molecule has 1 heterocycles. The maximum atomic E-state index is 5.47. The first kappa shape index (κ1) is 4.85. The van der Waals surface area contributed by atoms with E-state index in [1.54, 1.807) is 0 Å². The van der Waals surface area contributed by atoms with Crippen LogP contribution in [-0.4, -0.2) is 6.21 Å². The predicted octanol–water partition coefficient (Wildman–Crippen LogP) is 1.81. The van der Waals surface area contributed by atoms with Gasteiger partial charge in [-0.15, -0.1) is 17.2 Å². The molecule has 0 spiro atoms. The molecule has 0 atom stereocenters. The van der Waals surface area contributed by atoms with Crippen molar-refractivity contribution in [3.05, 3.63) is 10.7 Å². The van der Waals surface area contributed by atoms with E-state index in [1.165, 1.54) is 0 Å². The second kappa shape index (κ2) is 1.66. The summed E-state index contributed by atoms with van der Waals surface area (Å²) in [6.07, 6.45) is 3.66. The molecule has 7 heavy (non-hydrogen) atoms. The summed E-state index contributed by atoms with van der Waals surface area (Å²) >= 11 is 5.47. The van der Waals surface area contributed by atoms with Gasteiger partial charge in [0, 0.05) is 5.16 Å². The Morgan fingerprint density at radius 3 is 2.57 bits per heavy atom. The molecule has 0 fully saturated rings. The van der Waals surface area contributed by atoms with Crippen LogP contribution in [0.15, 0.2) is 15.7 Å². The summed E-state index contributed by atoms with van der Waals surface area (Å²) in [4.78, 5) is 3.62. The summed E-state index contributed by atoms with van der Waals surface area (Å²) in [5, 5.41) is 0.627. The third-order valence-corrected chi connectivity index (χ3v) is 1.20. The van der Waals surface area contributed by atoms with Crippen LogP contribution in [0.1, 0.15) is 13.3 Å². The lowest BCUT2D eigenvalue weighted by Crippen LogP contribution is -1.94. The van der Waals surface area contributed by atoms with Gasteiger partial charge in [-0.3, -0.25) is 0 Å². The van der Waals surface area contributed by atoms with E-state index < -0.39 is 0 Å². The molecule has 0 aromatic carbocycles. The van der Waals surface area contributed by atoms with Gasteiger partial charge in [-0.1, -0.05) is 13.1 Å². The Kier molecular flexibility index (Phi) is 1.15. The normalized spacial score (nSPS) is 17.4. The lowest BCUT2D eigenvalue weighted by molar-refractivity contribution is 1.13. The molecule has 0 radical (unpaired) electrons. The SMILES string of the molecule is CCC1=C(Cl)N=[C-]1. The Bertz CT molecular complexity index is 135. The maximum Gasteiger partial charge on any atom is 0.0185 e. The fourth-order valence-corrected chi connectivity index (χ4v) is 0.620. The third kappa shape index (κ3) is 0.682. The number of hydrogen-bond acceptors (Lipinski definition) is 1. The van der Waals surface area contributed by atoms with Crippen molar-refractivity contribution >= 4 is 17.8 Å². The number of rotatable bonds is 1. The standard InChI is InChI=1S/C5H5ClN/c1-2-4-3-7-5(4)6/h2H2,1H3/q-1. The number of hydrogen-bond donors (Lipinski definition) is 0. The zero-order chi connectivity index (χ0) is 5.28. The molecular weight excluding hydrogens is 110 g/mol. The molecule has 0 saturated carbocycles. The summed E-state index contributed by atoms with van der Waals surface area (Å²) in [6.45, 7) is 2.03. The van der Waals surface area contributed by atoms with E-state index in [4.69, 9.17) is 11.6 Å². The van der Waals surface area contributed by atoms with E-state index in [2.05, 4.69) is 11.2 Å². The van der Waals surface area contributed by atoms with Crippen molar-refractivity contribution in [2.24, 2.45) is 4.99 Å². The zero-order valence-corrected chi connectivity index (χ0v) is 4.79. The van der Waals surface area contributed by atoms with Gasteiger partial charge in [-0.2, -0.15) is 0 Å². The Morgan fingerprint density at radius 1 is 1.86 bits per heavy atom. The summed E-state index contributed by atoms with van der Waals surface area (Å²) in [6, 6.07) is 0. The topological polar surface area (TPSA) is 12.4 Å². The van der Waals surface area contributed by atoms with Crippen LogP contribution in [0.25, 0.3) is 0 Å². The lowest BCUT2D eigenvalue weighted by atomic mass is 10.2. The Morgan fingerprint density at radius 2 is 2.57 bits per heavy atom. The number of aliphatic imine (C=N–C) groups is 1. The fourth-order valence-electron chi connectivity index (χ4n) is 0.402. The third-order valence-electron chi connectivity index (χ3n) is 0.892. The van der Waals surface area contributed by atoms with Gasteiger partial charge in [0.05, 0.1) is 0 Å². The molecule has 0 aromatic heterocycles. The van der Waals surface area contributed by atoms with E-state index in [9.17, 15) is 0 Å². The fraction of sp³-hybridized carbons (Fsp3) is 0.400. The average Bonchev–Trinajstić information content (AvgIpc) is 1.65. The van der Waals surface area contributed by atoms with Gasteiger partial charge >= 0.3 is 0 Å². The highest BCUT2D eigenvalue weighted by Crippen LogP contribution is 2.19. The minimum atomic E-state index is 0.627. The first-order chi connectivity index (χ1) is 3.34. The van der Waals surface area contributed by atoms with Crippen LogP contribution >= 0.6 is 11.6 Å². The minimum Gasteiger partial charge on any atom is -0.375 e. The van der Waals surface area contributed by atoms with Gasteiger partial charge in [-0.25, -0.2) is 0 Å². The van der Waals surface area contributed by atoms with Crippen molar-refractivity contribution in [2.75, 3.05) is 0 Å². The second-order valence-electron chi connectivity index (χ2n) is 1.35. The van der Waals surface area contributed by atoms with Crippen LogP contribution in [0, 0.1) is 0 Å². The largest absolute Gasteiger partial charge is 0.375 e. The Balaban J connectivity index is 2.56. The van der Waals surface area contributed by atoms with Crippen molar-refractivity contribution in [1.29, 1.82) is 0 Å². The minimum absolute atomic E-state index is 0.627. The molecule has 0 aliphatic carbocycles. The van der Waals surface area contributed by atoms with E-state index >= 15 is 0 Å². The molecule has 0 N–H and O–H groups in total. The van der Waals surface area contributed by atoms with Crippen LogP contribution in [0.2, 0.25) is 0 Å². The number of halogens is 1. The molecule has 0 saturated heterocycles. The van der Waals surface area contributed by atoms with Crippen molar-refractivity contribution in [2.45, 2.75) is 13.3 Å². The molecule has 0 bridgehead atoms. The molecule has 2 heteroatoms. The maximum absolute atomic E-state index is 5.47. The molecule has 0 aromatic rings. The summed E-state index contributed by atoms with van der Waals surface area (Å²) in [7, 11) is 0. The smallest absolute Gasteiger partial charge is 0.0185 e. The van der Waals surface area contributed by atoms with E-state index in [0.717, 1.165) is 12.0 Å². The van der Waals surface area contributed by atoms with Crippen LogP contribution in [0.4, 0.5) is 0 Å². The highest BCUT2D eigenvalue weighted by Gasteiger charge is 1.94. The number of allylic oxidation sites excluding steroid dienone is 1. The molecule has 0 unspecified atom stereocenters. The molecule has 0 amide bonds. The van der Waals surface area contributed by atoms with Gasteiger partial charge in [0.2, 0.25) is 0 Å². The monoisotopic (exact) mass is 114 g/mol. The van der Waals surface area contributed by atoms with Gasteiger partial charge in [-0.05, 0) is 6.42 Å². The second-order valence-corrected chi connectivity index (χ2v) is 1.70. The Hall–Kier alpha value is -0.300. The van der Waals surface area contributed by atoms with Crippen LogP contribution in [0.3, 0.4) is 0 Å².